The molecule has 3 unspecified atom stereocenters. The van der Waals surface area contributed by atoms with Gasteiger partial charge >= 0.3 is 0 Å². The van der Waals surface area contributed by atoms with Gasteiger partial charge < -0.3 is 14.4 Å². The SMILES string of the molecule is CCCCCN(C)c1ccc(-c2ccc3c(c2)C(CC)(CC)C(C2OC(C)=CC(C)O2)C[n+]2c-3ccc3ccc4ccccc4c32)cc1. The van der Waals surface area contributed by atoms with Crippen LogP contribution in [0.3, 0.4) is 0 Å². The van der Waals surface area contributed by atoms with Gasteiger partial charge in [0.25, 0.3) is 0 Å². The van der Waals surface area contributed by atoms with E-state index in [1.807, 2.05) is 0 Å². The summed E-state index contributed by atoms with van der Waals surface area (Å²) in [6.45, 7) is 13.1. The maximum atomic E-state index is 6.71. The zero-order chi connectivity index (χ0) is 33.4. The quantitative estimate of drug-likeness (QED) is 0.0912. The highest BCUT2D eigenvalue weighted by Crippen LogP contribution is 2.50. The number of pyridine rings is 1. The summed E-state index contributed by atoms with van der Waals surface area (Å²) >= 11 is 0. The van der Waals surface area contributed by atoms with Gasteiger partial charge in [0.15, 0.2) is 6.54 Å². The Kier molecular flexibility index (Phi) is 9.04. The number of nitrogens with zero attached hydrogens (tertiary/aromatic N) is 2. The Bertz CT molecular complexity index is 1960. The minimum atomic E-state index is -0.354. The van der Waals surface area contributed by atoms with Gasteiger partial charge in [0.05, 0.1) is 23.2 Å². The highest BCUT2D eigenvalue weighted by atomic mass is 16.7. The second-order valence-electron chi connectivity index (χ2n) is 14.1. The third kappa shape index (κ3) is 5.68. The van der Waals surface area contributed by atoms with E-state index >= 15 is 0 Å². The number of allylic oxidation sites excluding steroid dienone is 1. The molecule has 0 saturated carbocycles. The molecule has 0 bridgehead atoms. The van der Waals surface area contributed by atoms with Crippen molar-refractivity contribution in [2.45, 2.75) is 91.1 Å². The smallest absolute Gasteiger partial charge is 0.220 e. The first-order valence-corrected chi connectivity index (χ1v) is 18.2. The molecule has 1 aromatic heterocycles. The van der Waals surface area contributed by atoms with Gasteiger partial charge in [0.2, 0.25) is 17.5 Å². The van der Waals surface area contributed by atoms with Crippen LogP contribution in [0.25, 0.3) is 44.1 Å². The molecular weight excluding hydrogens is 588 g/mol. The maximum absolute atomic E-state index is 6.71. The van der Waals surface area contributed by atoms with Gasteiger partial charge in [-0.3, -0.25) is 0 Å². The molecule has 48 heavy (non-hydrogen) atoms. The molecule has 0 radical (unpaired) electrons. The van der Waals surface area contributed by atoms with Crippen LogP contribution in [0.15, 0.2) is 103 Å². The lowest BCUT2D eigenvalue weighted by Gasteiger charge is -2.43. The Balaban J connectivity index is 1.42. The molecule has 3 heterocycles. The number of aromatic nitrogens is 1. The van der Waals surface area contributed by atoms with Crippen molar-refractivity contribution in [1.82, 2.24) is 0 Å². The van der Waals surface area contributed by atoms with Crippen LogP contribution in [-0.4, -0.2) is 26.0 Å². The molecule has 2 aliphatic heterocycles. The molecule has 248 valence electrons. The van der Waals surface area contributed by atoms with Crippen LogP contribution in [-0.2, 0) is 21.4 Å². The summed E-state index contributed by atoms with van der Waals surface area (Å²) in [5.41, 5.74) is 8.86. The van der Waals surface area contributed by atoms with Crippen molar-refractivity contribution in [3.8, 4) is 22.4 Å². The van der Waals surface area contributed by atoms with Crippen LogP contribution < -0.4 is 9.47 Å². The molecule has 5 aromatic rings. The lowest BCUT2D eigenvalue weighted by Crippen LogP contribution is -2.52. The lowest BCUT2D eigenvalue weighted by atomic mass is 9.64. The summed E-state index contributed by atoms with van der Waals surface area (Å²) in [6.07, 6.45) is 7.45. The van der Waals surface area contributed by atoms with Crippen LogP contribution in [0.1, 0.15) is 72.3 Å². The first-order chi connectivity index (χ1) is 23.4. The van der Waals surface area contributed by atoms with Crippen molar-refractivity contribution in [1.29, 1.82) is 0 Å². The predicted octanol–water partition coefficient (Wildman–Crippen LogP) is 10.6. The molecule has 7 rings (SSSR count). The summed E-state index contributed by atoms with van der Waals surface area (Å²) in [7, 11) is 2.21. The van der Waals surface area contributed by atoms with Crippen molar-refractivity contribution in [3.05, 3.63) is 108 Å². The number of hydrogen-bond donors (Lipinski definition) is 0. The molecule has 0 N–H and O–H groups in total. The molecule has 0 aliphatic carbocycles. The first kappa shape index (κ1) is 32.4. The minimum absolute atomic E-state index is 0.000608. The number of rotatable bonds is 9. The molecule has 0 spiro atoms. The fraction of sp³-hybridized carbons (Fsp3) is 0.386. The maximum Gasteiger partial charge on any atom is 0.220 e. The molecule has 3 atom stereocenters. The van der Waals surface area contributed by atoms with E-state index in [1.165, 1.54) is 74.6 Å². The van der Waals surface area contributed by atoms with Gasteiger partial charge in [-0.1, -0.05) is 76.1 Å². The van der Waals surface area contributed by atoms with E-state index in [0.717, 1.165) is 31.7 Å². The summed E-state index contributed by atoms with van der Waals surface area (Å²) in [5, 5.41) is 3.80. The number of fused-ring (bicyclic) bond motifs is 7. The van der Waals surface area contributed by atoms with Crippen LogP contribution in [0, 0.1) is 5.92 Å². The zero-order valence-electron chi connectivity index (χ0n) is 29.6. The lowest BCUT2D eigenvalue weighted by molar-refractivity contribution is -0.670. The summed E-state index contributed by atoms with van der Waals surface area (Å²) in [4.78, 5) is 2.38. The first-order valence-electron chi connectivity index (χ1n) is 18.2. The van der Waals surface area contributed by atoms with Gasteiger partial charge in [0, 0.05) is 41.7 Å². The largest absolute Gasteiger partial charge is 0.469 e. The number of hydrogen-bond acceptors (Lipinski definition) is 3. The summed E-state index contributed by atoms with van der Waals surface area (Å²) in [6, 6.07) is 34.3. The molecule has 0 fully saturated rings. The minimum Gasteiger partial charge on any atom is -0.469 e. The fourth-order valence-electron chi connectivity index (χ4n) is 8.59. The van der Waals surface area contributed by atoms with Crippen molar-refractivity contribution >= 4 is 27.4 Å². The average molecular weight is 640 g/mol. The standard InChI is InChI=1S/C44H51N2O2/c1-7-10-13-26-45(6)36-22-18-32(19-23-36)35-20-24-38-39(28-35)44(8-2,9-3)40(43-47-30(4)27-31(5)48-43)29-46-41(38)25-21-34-17-16-33-14-11-12-15-37(33)42(34)46/h11-12,14-25,27-28,30,40,43H,7-10,13,26,29H2,1-6H3/q+1. The van der Waals surface area contributed by atoms with Gasteiger partial charge in [-0.2, -0.15) is 4.57 Å². The van der Waals surface area contributed by atoms with E-state index < -0.39 is 0 Å². The molecule has 2 aliphatic rings. The van der Waals surface area contributed by atoms with Crippen LogP contribution >= 0.6 is 0 Å². The highest BCUT2D eigenvalue weighted by molar-refractivity contribution is 6.03. The summed E-state index contributed by atoms with van der Waals surface area (Å²) in [5.74, 6) is 1.04. The van der Waals surface area contributed by atoms with Gasteiger partial charge in [-0.05, 0) is 104 Å². The van der Waals surface area contributed by atoms with E-state index in [1.54, 1.807) is 0 Å². The van der Waals surface area contributed by atoms with E-state index in [2.05, 4.69) is 148 Å². The van der Waals surface area contributed by atoms with Crippen molar-refractivity contribution in [2.24, 2.45) is 5.92 Å². The van der Waals surface area contributed by atoms with Crippen molar-refractivity contribution in [2.75, 3.05) is 18.5 Å². The third-order valence-corrected chi connectivity index (χ3v) is 11.3. The second kappa shape index (κ2) is 13.4. The highest BCUT2D eigenvalue weighted by Gasteiger charge is 2.51. The number of benzene rings is 4. The zero-order valence-corrected chi connectivity index (χ0v) is 29.6. The summed E-state index contributed by atoms with van der Waals surface area (Å²) < 4.78 is 15.9. The van der Waals surface area contributed by atoms with Crippen molar-refractivity contribution in [3.63, 3.8) is 0 Å². The molecule has 0 saturated heterocycles. The average Bonchev–Trinajstić information content (AvgIpc) is 3.23. The van der Waals surface area contributed by atoms with Gasteiger partial charge in [-0.15, -0.1) is 0 Å². The Labute approximate surface area is 287 Å². The van der Waals surface area contributed by atoms with E-state index in [4.69, 9.17) is 9.47 Å². The number of anilines is 1. The van der Waals surface area contributed by atoms with Crippen LogP contribution in [0.2, 0.25) is 0 Å². The Morgan fingerprint density at radius 3 is 2.31 bits per heavy atom. The molecule has 0 amide bonds. The normalized spacial score (nSPS) is 20.0. The van der Waals surface area contributed by atoms with E-state index in [-0.39, 0.29) is 23.7 Å². The van der Waals surface area contributed by atoms with E-state index in [0.29, 0.717) is 0 Å². The molecular formula is C44H51N2O2+. The van der Waals surface area contributed by atoms with Gasteiger partial charge in [0.1, 0.15) is 0 Å². The monoisotopic (exact) mass is 639 g/mol. The van der Waals surface area contributed by atoms with Crippen molar-refractivity contribution < 1.29 is 14.0 Å². The Morgan fingerprint density at radius 2 is 1.56 bits per heavy atom. The Hall–Kier alpha value is -4.15. The number of ether oxygens (including phenoxy) is 2. The molecule has 4 aromatic carbocycles. The van der Waals surface area contributed by atoms with Crippen LogP contribution in [0.4, 0.5) is 5.69 Å². The third-order valence-electron chi connectivity index (χ3n) is 11.3. The fourth-order valence-corrected chi connectivity index (χ4v) is 8.59. The molecule has 4 heteroatoms. The predicted molar refractivity (Wildman–Crippen MR) is 200 cm³/mol. The molecule has 4 nitrogen and oxygen atoms in total. The van der Waals surface area contributed by atoms with Crippen LogP contribution in [0.5, 0.6) is 0 Å². The topological polar surface area (TPSA) is 25.6 Å². The Morgan fingerprint density at radius 1 is 0.833 bits per heavy atom. The van der Waals surface area contributed by atoms with Gasteiger partial charge in [-0.25, -0.2) is 0 Å². The number of unbranched alkanes of at least 4 members (excludes halogenated alkanes) is 2. The second-order valence-corrected chi connectivity index (χ2v) is 14.1. The van der Waals surface area contributed by atoms with E-state index in [9.17, 15) is 0 Å².